The van der Waals surface area contributed by atoms with E-state index in [2.05, 4.69) is 0 Å². The third kappa shape index (κ3) is 5.08. The molecule has 1 aromatic carbocycles. The molecule has 19 heavy (non-hydrogen) atoms. The molecule has 0 aliphatic carbocycles. The Hall–Kier alpha value is -2.55. The maximum Gasteiger partial charge on any atom is 0.307 e. The zero-order valence-corrected chi connectivity index (χ0v) is 10.2. The lowest BCUT2D eigenvalue weighted by molar-refractivity contribution is -0.137. The molecule has 0 aliphatic heterocycles. The van der Waals surface area contributed by atoms with Gasteiger partial charge in [0.15, 0.2) is 0 Å². The lowest BCUT2D eigenvalue weighted by Crippen LogP contribution is -2.26. The van der Waals surface area contributed by atoms with Gasteiger partial charge in [0.1, 0.15) is 6.54 Å². The van der Waals surface area contributed by atoms with Crippen molar-refractivity contribution in [3.63, 3.8) is 0 Å². The van der Waals surface area contributed by atoms with Crippen molar-refractivity contribution in [1.29, 1.82) is 5.26 Å². The van der Waals surface area contributed by atoms with Gasteiger partial charge < -0.3 is 15.1 Å². The molecule has 100 valence electrons. The molecule has 0 radical (unpaired) electrons. The highest BCUT2D eigenvalue weighted by Gasteiger charge is 2.09. The highest BCUT2D eigenvalue weighted by atomic mass is 16.4. The summed E-state index contributed by atoms with van der Waals surface area (Å²) in [6.07, 6.45) is -0.119. The second kappa shape index (κ2) is 7.01. The van der Waals surface area contributed by atoms with Crippen molar-refractivity contribution < 1.29 is 19.8 Å². The highest BCUT2D eigenvalue weighted by Crippen LogP contribution is 2.15. The van der Waals surface area contributed by atoms with Crippen molar-refractivity contribution in [2.75, 3.05) is 18.0 Å². The second-order valence-electron chi connectivity index (χ2n) is 3.96. The molecule has 6 heteroatoms. The molecule has 1 rings (SSSR count). The van der Waals surface area contributed by atoms with E-state index >= 15 is 0 Å². The predicted octanol–water partition coefficient (Wildman–Crippen LogP) is 1.12. The SMILES string of the molecule is N#CCN(CCC(=O)O)c1ccc(CC(=O)O)cc1. The fraction of sp³-hybridized carbons (Fsp3) is 0.308. The Morgan fingerprint density at radius 2 is 1.79 bits per heavy atom. The molecule has 6 nitrogen and oxygen atoms in total. The normalized spacial score (nSPS) is 9.63. The van der Waals surface area contributed by atoms with E-state index in [0.717, 1.165) is 0 Å². The Morgan fingerprint density at radius 3 is 2.26 bits per heavy atom. The van der Waals surface area contributed by atoms with Crippen LogP contribution in [-0.2, 0) is 16.0 Å². The van der Waals surface area contributed by atoms with E-state index in [1.165, 1.54) is 0 Å². The number of anilines is 1. The summed E-state index contributed by atoms with van der Waals surface area (Å²) in [6.45, 7) is 0.326. The van der Waals surface area contributed by atoms with Gasteiger partial charge in [-0.2, -0.15) is 5.26 Å². The van der Waals surface area contributed by atoms with Crippen LogP contribution in [0.4, 0.5) is 5.69 Å². The molecule has 0 bridgehead atoms. The Morgan fingerprint density at radius 1 is 1.16 bits per heavy atom. The van der Waals surface area contributed by atoms with E-state index in [4.69, 9.17) is 15.5 Å². The summed E-state index contributed by atoms with van der Waals surface area (Å²) in [5.41, 5.74) is 1.36. The largest absolute Gasteiger partial charge is 0.481 e. The topological polar surface area (TPSA) is 102 Å². The van der Waals surface area contributed by atoms with E-state index in [-0.39, 0.29) is 25.9 Å². The molecule has 0 atom stereocenters. The van der Waals surface area contributed by atoms with Crippen LogP contribution in [0.2, 0.25) is 0 Å². The number of hydrogen-bond acceptors (Lipinski definition) is 4. The van der Waals surface area contributed by atoms with Crippen LogP contribution in [0, 0.1) is 11.3 Å². The minimum absolute atomic E-state index is 0.0570. The lowest BCUT2D eigenvalue weighted by Gasteiger charge is -2.21. The first-order valence-corrected chi connectivity index (χ1v) is 5.67. The van der Waals surface area contributed by atoms with Crippen molar-refractivity contribution in [3.8, 4) is 6.07 Å². The number of nitriles is 1. The van der Waals surface area contributed by atoms with Gasteiger partial charge in [-0.1, -0.05) is 12.1 Å². The van der Waals surface area contributed by atoms with Crippen LogP contribution in [-0.4, -0.2) is 35.2 Å². The number of rotatable bonds is 7. The van der Waals surface area contributed by atoms with Crippen LogP contribution >= 0.6 is 0 Å². The van der Waals surface area contributed by atoms with Crippen molar-refractivity contribution in [2.45, 2.75) is 12.8 Å². The van der Waals surface area contributed by atoms with Gasteiger partial charge in [0.2, 0.25) is 0 Å². The van der Waals surface area contributed by atoms with E-state index in [1.54, 1.807) is 29.2 Å². The number of aliphatic carboxylic acids is 2. The Kier molecular flexibility index (Phi) is 5.35. The van der Waals surface area contributed by atoms with Crippen molar-refractivity contribution >= 4 is 17.6 Å². The van der Waals surface area contributed by atoms with E-state index in [9.17, 15) is 9.59 Å². The van der Waals surface area contributed by atoms with Crippen LogP contribution in [0.1, 0.15) is 12.0 Å². The van der Waals surface area contributed by atoms with Crippen LogP contribution in [0.5, 0.6) is 0 Å². The number of carboxylic acid groups (broad SMARTS) is 2. The first kappa shape index (κ1) is 14.5. The van der Waals surface area contributed by atoms with E-state index in [0.29, 0.717) is 11.3 Å². The lowest BCUT2D eigenvalue weighted by atomic mass is 10.1. The van der Waals surface area contributed by atoms with Gasteiger partial charge in [-0.3, -0.25) is 9.59 Å². The number of benzene rings is 1. The summed E-state index contributed by atoms with van der Waals surface area (Å²) in [4.78, 5) is 22.7. The molecule has 0 saturated carbocycles. The summed E-state index contributed by atoms with van der Waals surface area (Å²) < 4.78 is 0. The summed E-state index contributed by atoms with van der Waals surface area (Å²) >= 11 is 0. The quantitative estimate of drug-likeness (QED) is 0.714. The van der Waals surface area contributed by atoms with Crippen molar-refractivity contribution in [3.05, 3.63) is 29.8 Å². The minimum atomic E-state index is -0.926. The first-order chi connectivity index (χ1) is 9.02. The molecular formula is C13H14N2O4. The van der Waals surface area contributed by atoms with Gasteiger partial charge in [-0.25, -0.2) is 0 Å². The first-order valence-electron chi connectivity index (χ1n) is 5.67. The number of nitrogens with zero attached hydrogens (tertiary/aromatic N) is 2. The van der Waals surface area contributed by atoms with Crippen LogP contribution in [0.25, 0.3) is 0 Å². The fourth-order valence-electron chi connectivity index (χ4n) is 1.61. The molecule has 0 aromatic heterocycles. The monoisotopic (exact) mass is 262 g/mol. The minimum Gasteiger partial charge on any atom is -0.481 e. The zero-order valence-electron chi connectivity index (χ0n) is 10.2. The molecule has 1 aromatic rings. The van der Waals surface area contributed by atoms with Gasteiger partial charge in [-0.05, 0) is 17.7 Å². The molecule has 0 spiro atoms. The third-order valence-corrected chi connectivity index (χ3v) is 2.51. The smallest absolute Gasteiger partial charge is 0.307 e. The maximum atomic E-state index is 10.5. The molecule has 0 fully saturated rings. The van der Waals surface area contributed by atoms with Crippen molar-refractivity contribution in [1.82, 2.24) is 0 Å². The van der Waals surface area contributed by atoms with Crippen LogP contribution < -0.4 is 4.90 Å². The highest BCUT2D eigenvalue weighted by molar-refractivity contribution is 5.70. The molecule has 0 saturated heterocycles. The molecular weight excluding hydrogens is 248 g/mol. The Labute approximate surface area is 110 Å². The van der Waals surface area contributed by atoms with Crippen LogP contribution in [0.15, 0.2) is 24.3 Å². The maximum absolute atomic E-state index is 10.5. The summed E-state index contributed by atoms with van der Waals surface area (Å²) in [6, 6.07) is 8.68. The molecule has 0 unspecified atom stereocenters. The zero-order chi connectivity index (χ0) is 14.3. The Balaban J connectivity index is 2.76. The summed E-state index contributed by atoms with van der Waals surface area (Å²) in [5, 5.41) is 26.0. The third-order valence-electron chi connectivity index (χ3n) is 2.51. The molecule has 0 aliphatic rings. The fourth-order valence-corrected chi connectivity index (χ4v) is 1.61. The van der Waals surface area contributed by atoms with Gasteiger partial charge >= 0.3 is 11.9 Å². The average molecular weight is 262 g/mol. The van der Waals surface area contributed by atoms with Gasteiger partial charge in [0.25, 0.3) is 0 Å². The number of carbonyl (C=O) groups is 2. The van der Waals surface area contributed by atoms with Gasteiger partial charge in [0, 0.05) is 12.2 Å². The van der Waals surface area contributed by atoms with Gasteiger partial charge in [0.05, 0.1) is 18.9 Å². The van der Waals surface area contributed by atoms with E-state index < -0.39 is 11.9 Å². The molecule has 2 N–H and O–H groups in total. The molecule has 0 heterocycles. The van der Waals surface area contributed by atoms with Crippen LogP contribution in [0.3, 0.4) is 0 Å². The molecule has 0 amide bonds. The standard InChI is InChI=1S/C13H14N2O4/c14-6-8-15(7-5-12(16)17)11-3-1-10(2-4-11)9-13(18)19/h1-4H,5,7-9H2,(H,16,17)(H,18,19). The number of carboxylic acids is 2. The second-order valence-corrected chi connectivity index (χ2v) is 3.96. The predicted molar refractivity (Wildman–Crippen MR) is 67.9 cm³/mol. The summed E-state index contributed by atoms with van der Waals surface area (Å²) in [5.74, 6) is -1.84. The van der Waals surface area contributed by atoms with E-state index in [1.807, 2.05) is 6.07 Å². The van der Waals surface area contributed by atoms with Crippen molar-refractivity contribution in [2.24, 2.45) is 0 Å². The van der Waals surface area contributed by atoms with Gasteiger partial charge in [-0.15, -0.1) is 0 Å². The summed E-state index contributed by atoms with van der Waals surface area (Å²) in [7, 11) is 0. The Bertz CT molecular complexity index is 490. The number of hydrogen-bond donors (Lipinski definition) is 2. The average Bonchev–Trinajstić information content (AvgIpc) is 2.34.